The number of carbonyl (C=O) groups excluding carboxylic acids is 2. The number of hydrogen-bond acceptors (Lipinski definition) is 5. The van der Waals surface area contributed by atoms with E-state index in [9.17, 15) is 18.0 Å². The van der Waals surface area contributed by atoms with E-state index in [2.05, 4.69) is 5.32 Å². The standard InChI is InChI=1S/C27H29Cl2N3O5S/c1-4-37-21-13-15-22(16-14-21)38(35,36)32(20-9-6-5-7-10-20)18-26(33)31(19(2)27(34)30-3)17-23-24(28)11-8-12-25(23)29/h5-16,19H,4,17-18H2,1-3H3,(H,30,34)/t19-/m1/s1. The van der Waals surface area contributed by atoms with Crippen LogP contribution in [0, 0.1) is 0 Å². The van der Waals surface area contributed by atoms with Crippen molar-refractivity contribution in [1.29, 1.82) is 0 Å². The van der Waals surface area contributed by atoms with Crippen LogP contribution < -0.4 is 14.4 Å². The summed E-state index contributed by atoms with van der Waals surface area (Å²) in [6.45, 7) is 3.15. The van der Waals surface area contributed by atoms with Gasteiger partial charge < -0.3 is 15.0 Å². The number of nitrogens with zero attached hydrogens (tertiary/aromatic N) is 2. The fourth-order valence-corrected chi connectivity index (χ4v) is 5.70. The summed E-state index contributed by atoms with van der Waals surface area (Å²) in [6, 6.07) is 18.2. The highest BCUT2D eigenvalue weighted by molar-refractivity contribution is 7.92. The molecular weight excluding hydrogens is 549 g/mol. The van der Waals surface area contributed by atoms with Crippen LogP contribution in [-0.4, -0.2) is 51.4 Å². The zero-order chi connectivity index (χ0) is 27.9. The van der Waals surface area contributed by atoms with Crippen LogP contribution in [-0.2, 0) is 26.2 Å². The minimum atomic E-state index is -4.18. The van der Waals surface area contributed by atoms with Gasteiger partial charge in [0.05, 0.1) is 17.2 Å². The first-order chi connectivity index (χ1) is 18.1. The molecule has 0 aliphatic rings. The first kappa shape index (κ1) is 29.3. The Bertz CT molecular complexity index is 1350. The molecule has 0 spiro atoms. The number of para-hydroxylation sites is 1. The van der Waals surface area contributed by atoms with Gasteiger partial charge in [-0.05, 0) is 62.4 Å². The number of amides is 2. The van der Waals surface area contributed by atoms with Crippen molar-refractivity contribution in [1.82, 2.24) is 10.2 Å². The number of hydrogen-bond donors (Lipinski definition) is 1. The van der Waals surface area contributed by atoms with Crippen LogP contribution in [0.25, 0.3) is 0 Å². The second kappa shape index (κ2) is 13.0. The largest absolute Gasteiger partial charge is 0.494 e. The minimum absolute atomic E-state index is 0.0161. The molecule has 8 nitrogen and oxygen atoms in total. The molecule has 1 N–H and O–H groups in total. The second-order valence-electron chi connectivity index (χ2n) is 8.26. The van der Waals surface area contributed by atoms with Crippen molar-refractivity contribution in [3.8, 4) is 5.75 Å². The third-order valence-corrected chi connectivity index (χ3v) is 8.35. The molecular formula is C27H29Cl2N3O5S. The highest BCUT2D eigenvalue weighted by Crippen LogP contribution is 2.28. The molecule has 0 bridgehead atoms. The lowest BCUT2D eigenvalue weighted by atomic mass is 10.1. The van der Waals surface area contributed by atoms with Gasteiger partial charge >= 0.3 is 0 Å². The SMILES string of the molecule is CCOc1ccc(S(=O)(=O)N(CC(=O)N(Cc2c(Cl)cccc2Cl)[C@H](C)C(=O)NC)c2ccccc2)cc1. The van der Waals surface area contributed by atoms with E-state index in [1.807, 2.05) is 6.92 Å². The number of carbonyl (C=O) groups is 2. The molecule has 0 radical (unpaired) electrons. The minimum Gasteiger partial charge on any atom is -0.494 e. The number of halogens is 2. The molecule has 1 atom stereocenters. The van der Waals surface area contributed by atoms with Crippen molar-refractivity contribution in [2.45, 2.75) is 31.3 Å². The summed E-state index contributed by atoms with van der Waals surface area (Å²) < 4.78 is 34.0. The van der Waals surface area contributed by atoms with Crippen LogP contribution >= 0.6 is 23.2 Å². The maximum absolute atomic E-state index is 13.8. The quantitative estimate of drug-likeness (QED) is 0.354. The van der Waals surface area contributed by atoms with Gasteiger partial charge in [-0.1, -0.05) is 47.5 Å². The van der Waals surface area contributed by atoms with Gasteiger partial charge in [0.1, 0.15) is 18.3 Å². The van der Waals surface area contributed by atoms with Crippen molar-refractivity contribution < 1.29 is 22.7 Å². The monoisotopic (exact) mass is 577 g/mol. The van der Waals surface area contributed by atoms with Crippen molar-refractivity contribution >= 4 is 50.7 Å². The van der Waals surface area contributed by atoms with Crippen molar-refractivity contribution in [3.63, 3.8) is 0 Å². The van der Waals surface area contributed by atoms with Crippen LogP contribution in [0.3, 0.4) is 0 Å². The van der Waals surface area contributed by atoms with E-state index in [-0.39, 0.29) is 17.1 Å². The fourth-order valence-electron chi connectivity index (χ4n) is 3.77. The number of nitrogens with one attached hydrogen (secondary N) is 1. The Morgan fingerprint density at radius 1 is 0.947 bits per heavy atom. The van der Waals surface area contributed by atoms with Gasteiger partial charge in [0.2, 0.25) is 11.8 Å². The molecule has 0 fully saturated rings. The topological polar surface area (TPSA) is 96.0 Å². The average Bonchev–Trinajstić information content (AvgIpc) is 2.91. The summed E-state index contributed by atoms with van der Waals surface area (Å²) in [5.41, 5.74) is 0.735. The van der Waals surface area contributed by atoms with E-state index < -0.39 is 34.4 Å². The number of sulfonamides is 1. The molecule has 0 saturated carbocycles. The van der Waals surface area contributed by atoms with Crippen LogP contribution in [0.1, 0.15) is 19.4 Å². The highest BCUT2D eigenvalue weighted by Gasteiger charge is 2.32. The van der Waals surface area contributed by atoms with Gasteiger partial charge in [0, 0.05) is 29.2 Å². The van der Waals surface area contributed by atoms with Crippen LogP contribution in [0.15, 0.2) is 77.7 Å². The Morgan fingerprint density at radius 3 is 2.11 bits per heavy atom. The van der Waals surface area contributed by atoms with Gasteiger partial charge in [-0.25, -0.2) is 8.42 Å². The van der Waals surface area contributed by atoms with E-state index >= 15 is 0 Å². The fraction of sp³-hybridized carbons (Fsp3) is 0.259. The van der Waals surface area contributed by atoms with E-state index in [1.165, 1.54) is 24.1 Å². The van der Waals surface area contributed by atoms with Crippen LogP contribution in [0.4, 0.5) is 5.69 Å². The molecule has 3 aromatic rings. The Morgan fingerprint density at radius 2 is 1.55 bits per heavy atom. The lowest BCUT2D eigenvalue weighted by molar-refractivity contribution is -0.139. The Balaban J connectivity index is 2.02. The molecule has 2 amide bonds. The molecule has 3 aromatic carbocycles. The number of anilines is 1. The molecule has 0 saturated heterocycles. The van der Waals surface area contributed by atoms with Crippen molar-refractivity contribution in [2.75, 3.05) is 24.5 Å². The Kier molecular flexibility index (Phi) is 10.0. The number of likely N-dealkylation sites (N-methyl/N-ethyl adjacent to an activating group) is 1. The molecule has 0 aromatic heterocycles. The molecule has 0 aliphatic carbocycles. The molecule has 38 heavy (non-hydrogen) atoms. The number of benzene rings is 3. The Labute approximate surface area is 233 Å². The smallest absolute Gasteiger partial charge is 0.264 e. The Hall–Kier alpha value is -3.27. The molecule has 0 aliphatic heterocycles. The van der Waals surface area contributed by atoms with Gasteiger partial charge in [-0.15, -0.1) is 0 Å². The number of rotatable bonds is 11. The first-order valence-electron chi connectivity index (χ1n) is 11.8. The maximum atomic E-state index is 13.8. The summed E-state index contributed by atoms with van der Waals surface area (Å²) in [7, 11) is -2.72. The summed E-state index contributed by atoms with van der Waals surface area (Å²) in [6.07, 6.45) is 0. The molecule has 3 rings (SSSR count). The summed E-state index contributed by atoms with van der Waals surface area (Å²) in [4.78, 5) is 27.6. The van der Waals surface area contributed by atoms with E-state index in [0.29, 0.717) is 28.0 Å². The first-order valence-corrected chi connectivity index (χ1v) is 14.0. The van der Waals surface area contributed by atoms with E-state index in [1.54, 1.807) is 67.6 Å². The van der Waals surface area contributed by atoms with Crippen LogP contribution in [0.2, 0.25) is 10.0 Å². The van der Waals surface area contributed by atoms with E-state index in [0.717, 1.165) is 4.31 Å². The van der Waals surface area contributed by atoms with Gasteiger partial charge in [0.25, 0.3) is 10.0 Å². The molecule has 0 unspecified atom stereocenters. The third-order valence-electron chi connectivity index (χ3n) is 5.85. The summed E-state index contributed by atoms with van der Waals surface area (Å²) in [5, 5.41) is 3.17. The predicted octanol–water partition coefficient (Wildman–Crippen LogP) is 4.75. The zero-order valence-corrected chi connectivity index (χ0v) is 23.6. The zero-order valence-electron chi connectivity index (χ0n) is 21.2. The highest BCUT2D eigenvalue weighted by atomic mass is 35.5. The lowest BCUT2D eigenvalue weighted by Gasteiger charge is -2.32. The average molecular weight is 579 g/mol. The van der Waals surface area contributed by atoms with Gasteiger partial charge in [-0.2, -0.15) is 0 Å². The van der Waals surface area contributed by atoms with Crippen molar-refractivity contribution in [3.05, 3.63) is 88.4 Å². The molecule has 0 heterocycles. The molecule has 202 valence electrons. The van der Waals surface area contributed by atoms with E-state index in [4.69, 9.17) is 27.9 Å². The number of ether oxygens (including phenoxy) is 1. The van der Waals surface area contributed by atoms with Crippen LogP contribution in [0.5, 0.6) is 5.75 Å². The summed E-state index contributed by atoms with van der Waals surface area (Å²) in [5.74, 6) is -0.520. The normalized spacial score (nSPS) is 11.9. The summed E-state index contributed by atoms with van der Waals surface area (Å²) >= 11 is 12.7. The third kappa shape index (κ3) is 6.78. The molecule has 11 heteroatoms. The predicted molar refractivity (Wildman–Crippen MR) is 149 cm³/mol. The second-order valence-corrected chi connectivity index (χ2v) is 10.9. The van der Waals surface area contributed by atoms with Gasteiger partial charge in [0.15, 0.2) is 0 Å². The maximum Gasteiger partial charge on any atom is 0.264 e. The van der Waals surface area contributed by atoms with Crippen molar-refractivity contribution in [2.24, 2.45) is 0 Å². The lowest BCUT2D eigenvalue weighted by Crippen LogP contribution is -2.50. The van der Waals surface area contributed by atoms with Gasteiger partial charge in [-0.3, -0.25) is 13.9 Å².